The van der Waals surface area contributed by atoms with Gasteiger partial charge in [-0.2, -0.15) is 0 Å². The fourth-order valence-corrected chi connectivity index (χ4v) is 3.05. The highest BCUT2D eigenvalue weighted by Crippen LogP contribution is 2.22. The predicted octanol–water partition coefficient (Wildman–Crippen LogP) is 3.58. The van der Waals surface area contributed by atoms with Gasteiger partial charge in [-0.25, -0.2) is 4.79 Å². The summed E-state index contributed by atoms with van der Waals surface area (Å²) in [5, 5.41) is 2.72. The van der Waals surface area contributed by atoms with Crippen LogP contribution in [0.25, 0.3) is 0 Å². The molecule has 7 heteroatoms. The summed E-state index contributed by atoms with van der Waals surface area (Å²) in [7, 11) is 2.90. The Kier molecular flexibility index (Phi) is 7.33. The van der Waals surface area contributed by atoms with E-state index in [4.69, 9.17) is 9.47 Å². The Morgan fingerprint density at radius 3 is 2.28 bits per heavy atom. The maximum atomic E-state index is 12.2. The quantitative estimate of drug-likeness (QED) is 0.544. The average molecular weight is 424 g/mol. The summed E-state index contributed by atoms with van der Waals surface area (Å²) in [6.07, 6.45) is 0. The molecule has 0 aliphatic heterocycles. The first kappa shape index (κ1) is 19.3. The lowest BCUT2D eigenvalue weighted by atomic mass is 10.1. The van der Waals surface area contributed by atoms with Crippen LogP contribution in [0.3, 0.4) is 0 Å². The van der Waals surface area contributed by atoms with Gasteiger partial charge in [0.05, 0.1) is 20.0 Å². The summed E-state index contributed by atoms with van der Waals surface area (Å²) in [6, 6.07) is 13.7. The maximum absolute atomic E-state index is 12.2. The van der Waals surface area contributed by atoms with Crippen molar-refractivity contribution in [2.24, 2.45) is 0 Å². The van der Waals surface area contributed by atoms with Crippen molar-refractivity contribution in [3.8, 4) is 5.75 Å². The number of methoxy groups -OCH3 is 2. The van der Waals surface area contributed by atoms with E-state index in [2.05, 4.69) is 21.2 Å². The van der Waals surface area contributed by atoms with Gasteiger partial charge in [-0.1, -0.05) is 28.1 Å². The van der Waals surface area contributed by atoms with Gasteiger partial charge in [-0.3, -0.25) is 4.79 Å². The molecule has 5 nitrogen and oxygen atoms in total. The molecule has 0 aromatic heterocycles. The Hall–Kier alpha value is -1.99. The van der Waals surface area contributed by atoms with Crippen molar-refractivity contribution in [3.63, 3.8) is 0 Å². The van der Waals surface area contributed by atoms with E-state index in [0.717, 1.165) is 15.1 Å². The number of nitrogens with one attached hydrogen (secondary N) is 1. The molecule has 0 aliphatic rings. The highest BCUT2D eigenvalue weighted by molar-refractivity contribution is 9.10. The Morgan fingerprint density at radius 2 is 1.72 bits per heavy atom. The Morgan fingerprint density at radius 1 is 1.08 bits per heavy atom. The number of thioether (sulfide) groups is 1. The van der Waals surface area contributed by atoms with Gasteiger partial charge in [-0.15, -0.1) is 11.8 Å². The second kappa shape index (κ2) is 9.48. The third-order valence-electron chi connectivity index (χ3n) is 3.37. The number of rotatable bonds is 7. The number of carbonyl (C=O) groups excluding carboxylic acids is 2. The minimum Gasteiger partial charge on any atom is -0.497 e. The van der Waals surface area contributed by atoms with E-state index in [-0.39, 0.29) is 11.7 Å². The number of halogens is 1. The molecule has 132 valence electrons. The smallest absolute Gasteiger partial charge is 0.333 e. The molecule has 0 fully saturated rings. The number of amides is 1. The number of hydrogen-bond acceptors (Lipinski definition) is 5. The predicted molar refractivity (Wildman–Crippen MR) is 101 cm³/mol. The molecule has 0 saturated heterocycles. The molecular formula is C18H18BrNO4S. The van der Waals surface area contributed by atoms with Crippen molar-refractivity contribution < 1.29 is 19.1 Å². The van der Waals surface area contributed by atoms with Crippen LogP contribution in [0.15, 0.2) is 57.9 Å². The molecule has 2 aromatic carbocycles. The topological polar surface area (TPSA) is 64.6 Å². The van der Waals surface area contributed by atoms with E-state index in [1.165, 1.54) is 18.9 Å². The highest BCUT2D eigenvalue weighted by atomic mass is 79.9. The molecule has 2 rings (SSSR count). The van der Waals surface area contributed by atoms with Crippen molar-refractivity contribution in [2.45, 2.75) is 10.9 Å². The molecule has 0 spiro atoms. The normalized spacial score (nSPS) is 11.5. The van der Waals surface area contributed by atoms with Crippen LogP contribution in [-0.2, 0) is 14.3 Å². The van der Waals surface area contributed by atoms with E-state index in [1.807, 2.05) is 36.4 Å². The number of carbonyl (C=O) groups is 2. The average Bonchev–Trinajstić information content (AvgIpc) is 2.65. The fourth-order valence-electron chi connectivity index (χ4n) is 2.07. The van der Waals surface area contributed by atoms with Gasteiger partial charge in [0.15, 0.2) is 6.04 Å². The summed E-state index contributed by atoms with van der Waals surface area (Å²) in [4.78, 5) is 25.2. The molecule has 0 aliphatic carbocycles. The highest BCUT2D eigenvalue weighted by Gasteiger charge is 2.23. The summed E-state index contributed by atoms with van der Waals surface area (Å²) >= 11 is 4.72. The van der Waals surface area contributed by atoms with E-state index >= 15 is 0 Å². The number of benzene rings is 2. The first-order chi connectivity index (χ1) is 12.0. The summed E-state index contributed by atoms with van der Waals surface area (Å²) in [5.41, 5.74) is 0.665. The van der Waals surface area contributed by atoms with Crippen LogP contribution < -0.4 is 10.1 Å². The zero-order valence-corrected chi connectivity index (χ0v) is 16.2. The Bertz CT molecular complexity index is 719. The molecule has 2 aromatic rings. The van der Waals surface area contributed by atoms with Gasteiger partial charge in [0.1, 0.15) is 5.75 Å². The van der Waals surface area contributed by atoms with Gasteiger partial charge in [-0.05, 0) is 42.0 Å². The van der Waals surface area contributed by atoms with Crippen LogP contribution in [0, 0.1) is 0 Å². The Balaban J connectivity index is 1.98. The first-order valence-electron chi connectivity index (χ1n) is 7.43. The van der Waals surface area contributed by atoms with E-state index < -0.39 is 12.0 Å². The van der Waals surface area contributed by atoms with Crippen molar-refractivity contribution in [2.75, 3.05) is 20.0 Å². The molecular weight excluding hydrogens is 406 g/mol. The van der Waals surface area contributed by atoms with Crippen LogP contribution in [-0.4, -0.2) is 31.8 Å². The van der Waals surface area contributed by atoms with Crippen molar-refractivity contribution >= 4 is 39.6 Å². The first-order valence-corrected chi connectivity index (χ1v) is 9.21. The minimum absolute atomic E-state index is 0.191. The van der Waals surface area contributed by atoms with E-state index in [9.17, 15) is 9.59 Å². The van der Waals surface area contributed by atoms with Crippen LogP contribution in [0.1, 0.15) is 11.6 Å². The maximum Gasteiger partial charge on any atom is 0.333 e. The van der Waals surface area contributed by atoms with Gasteiger partial charge in [0.25, 0.3) is 0 Å². The molecule has 1 unspecified atom stereocenters. The summed E-state index contributed by atoms with van der Waals surface area (Å²) in [6.45, 7) is 0. The molecule has 25 heavy (non-hydrogen) atoms. The summed E-state index contributed by atoms with van der Waals surface area (Å²) < 4.78 is 10.8. The van der Waals surface area contributed by atoms with Crippen LogP contribution in [0.2, 0.25) is 0 Å². The molecule has 0 bridgehead atoms. The monoisotopic (exact) mass is 423 g/mol. The van der Waals surface area contributed by atoms with E-state index in [0.29, 0.717) is 5.56 Å². The fraction of sp³-hybridized carbons (Fsp3) is 0.222. The van der Waals surface area contributed by atoms with Gasteiger partial charge < -0.3 is 14.8 Å². The second-order valence-electron chi connectivity index (χ2n) is 5.04. The third-order valence-corrected chi connectivity index (χ3v) is 4.92. The molecule has 0 saturated carbocycles. The number of hydrogen-bond donors (Lipinski definition) is 1. The van der Waals surface area contributed by atoms with Crippen molar-refractivity contribution in [3.05, 3.63) is 58.6 Å². The van der Waals surface area contributed by atoms with Crippen LogP contribution in [0.5, 0.6) is 5.75 Å². The molecule has 0 heterocycles. The van der Waals surface area contributed by atoms with Crippen LogP contribution in [0.4, 0.5) is 0 Å². The van der Waals surface area contributed by atoms with Gasteiger partial charge in [0.2, 0.25) is 5.91 Å². The lowest BCUT2D eigenvalue weighted by Crippen LogP contribution is -2.35. The third kappa shape index (κ3) is 5.79. The van der Waals surface area contributed by atoms with Gasteiger partial charge in [0, 0.05) is 9.37 Å². The summed E-state index contributed by atoms with van der Waals surface area (Å²) in [5.74, 6) is 0.190. The largest absolute Gasteiger partial charge is 0.497 e. The standard InChI is InChI=1S/C18H18BrNO4S/c1-23-14-7-9-15(10-8-14)25-11-16(21)20-17(18(22)24-2)12-3-5-13(19)6-4-12/h3-10,17H,11H2,1-2H3,(H,20,21). The zero-order chi connectivity index (χ0) is 18.2. The van der Waals surface area contributed by atoms with Gasteiger partial charge >= 0.3 is 5.97 Å². The zero-order valence-electron chi connectivity index (χ0n) is 13.8. The molecule has 0 radical (unpaired) electrons. The molecule has 1 N–H and O–H groups in total. The SMILES string of the molecule is COC(=O)C(NC(=O)CSc1ccc(OC)cc1)c1ccc(Br)cc1. The van der Waals surface area contributed by atoms with Crippen molar-refractivity contribution in [1.29, 1.82) is 0 Å². The number of esters is 1. The van der Waals surface area contributed by atoms with Crippen LogP contribution >= 0.6 is 27.7 Å². The second-order valence-corrected chi connectivity index (χ2v) is 7.00. The lowest BCUT2D eigenvalue weighted by Gasteiger charge is -2.17. The molecule has 1 amide bonds. The van der Waals surface area contributed by atoms with E-state index in [1.54, 1.807) is 19.2 Å². The number of ether oxygens (including phenoxy) is 2. The van der Waals surface area contributed by atoms with Crippen molar-refractivity contribution in [1.82, 2.24) is 5.32 Å². The Labute approximate surface area is 159 Å². The lowest BCUT2D eigenvalue weighted by molar-refractivity contribution is -0.145. The molecule has 1 atom stereocenters. The minimum atomic E-state index is -0.831.